The summed E-state index contributed by atoms with van der Waals surface area (Å²) in [6.45, 7) is 5.46. The number of nitrogens with zero attached hydrogens (tertiary/aromatic N) is 2. The smallest absolute Gasteiger partial charge is 0.229 e. The van der Waals surface area contributed by atoms with Crippen LogP contribution in [-0.4, -0.2) is 65.8 Å². The second-order valence-corrected chi connectivity index (χ2v) is 13.1. The first kappa shape index (κ1) is 41.7. The second kappa shape index (κ2) is 22.3. The van der Waals surface area contributed by atoms with Crippen LogP contribution in [-0.2, 0) is 48.0 Å². The average molecular weight is 732 g/mol. The number of hydrogen-bond donors (Lipinski definition) is 2. The van der Waals surface area contributed by atoms with Gasteiger partial charge in [-0.2, -0.15) is 0 Å². The van der Waals surface area contributed by atoms with E-state index in [0.29, 0.717) is 70.2 Å². The zero-order chi connectivity index (χ0) is 37.9. The molecule has 6 rings (SSSR count). The number of ketones is 3. The predicted molar refractivity (Wildman–Crippen MR) is 205 cm³/mol. The number of fused-ring (bicyclic) bond motifs is 3. The summed E-state index contributed by atoms with van der Waals surface area (Å²) in [6, 6.07) is 23.1. The Kier molecular flexibility index (Phi) is 17.9. The molecule has 11 heteroatoms. The van der Waals surface area contributed by atoms with Crippen LogP contribution >= 0.6 is 11.6 Å². The maximum absolute atomic E-state index is 12.0. The lowest BCUT2D eigenvalue weighted by Crippen LogP contribution is -2.32. The molecule has 0 spiro atoms. The Morgan fingerprint density at radius 1 is 0.635 bits per heavy atom. The van der Waals surface area contributed by atoms with Crippen LogP contribution in [0.3, 0.4) is 0 Å². The first-order valence-electron chi connectivity index (χ1n) is 18.0. The monoisotopic (exact) mass is 731 g/mol. The van der Waals surface area contributed by atoms with Gasteiger partial charge in [0.2, 0.25) is 17.1 Å². The van der Waals surface area contributed by atoms with E-state index in [4.69, 9.17) is 16.7 Å². The van der Waals surface area contributed by atoms with Crippen molar-refractivity contribution in [2.45, 2.75) is 84.5 Å². The number of amides is 2. The van der Waals surface area contributed by atoms with Crippen LogP contribution in [0.15, 0.2) is 72.8 Å². The molecule has 0 aromatic heterocycles. The van der Waals surface area contributed by atoms with Gasteiger partial charge in [0.15, 0.2) is 0 Å². The van der Waals surface area contributed by atoms with E-state index in [1.807, 2.05) is 86.6 Å². The highest BCUT2D eigenvalue weighted by atomic mass is 35.5. The number of aliphatic hydroxyl groups excluding tert-OH is 1. The molecule has 3 heterocycles. The molecular weight excluding hydrogens is 682 g/mol. The normalized spacial score (nSPS) is 14.7. The van der Waals surface area contributed by atoms with Crippen molar-refractivity contribution >= 4 is 63.1 Å². The lowest BCUT2D eigenvalue weighted by molar-refractivity contribution is -0.120. The summed E-state index contributed by atoms with van der Waals surface area (Å²) in [5.41, 5.74) is 5.82. The van der Waals surface area contributed by atoms with E-state index in [9.17, 15) is 28.8 Å². The molecule has 0 aliphatic carbocycles. The van der Waals surface area contributed by atoms with Crippen molar-refractivity contribution in [3.63, 3.8) is 0 Å². The van der Waals surface area contributed by atoms with E-state index < -0.39 is 0 Å². The molecule has 0 atom stereocenters. The highest BCUT2D eigenvalue weighted by molar-refractivity contribution is 6.63. The van der Waals surface area contributed by atoms with Gasteiger partial charge in [0, 0.05) is 88.1 Å². The summed E-state index contributed by atoms with van der Waals surface area (Å²) < 4.78 is 0. The summed E-state index contributed by atoms with van der Waals surface area (Å²) in [7, 11) is 0. The minimum absolute atomic E-state index is 0.0997. The van der Waals surface area contributed by atoms with E-state index in [2.05, 4.69) is 5.32 Å². The maximum Gasteiger partial charge on any atom is 0.229 e. The molecule has 3 aliphatic heterocycles. The molecule has 3 aromatic carbocycles. The lowest BCUT2D eigenvalue weighted by Gasteiger charge is -2.22. The zero-order valence-corrected chi connectivity index (χ0v) is 31.0. The van der Waals surface area contributed by atoms with Gasteiger partial charge in [0.1, 0.15) is 17.3 Å². The van der Waals surface area contributed by atoms with Crippen LogP contribution in [0.1, 0.15) is 81.9 Å². The third-order valence-electron chi connectivity index (χ3n) is 8.53. The molecule has 3 aliphatic rings. The van der Waals surface area contributed by atoms with Gasteiger partial charge in [-0.15, -0.1) is 0 Å². The number of rotatable bonds is 6. The molecule has 52 heavy (non-hydrogen) atoms. The number of aliphatic hydroxyl groups is 1. The predicted octanol–water partition coefficient (Wildman–Crippen LogP) is 6.42. The lowest BCUT2D eigenvalue weighted by atomic mass is 10.1. The van der Waals surface area contributed by atoms with Gasteiger partial charge < -0.3 is 20.2 Å². The average Bonchev–Trinajstić information content (AvgIpc) is 3.50. The van der Waals surface area contributed by atoms with Crippen molar-refractivity contribution in [2.24, 2.45) is 0 Å². The molecule has 0 saturated heterocycles. The van der Waals surface area contributed by atoms with Crippen molar-refractivity contribution in [3.05, 3.63) is 89.5 Å². The number of benzene rings is 3. The van der Waals surface area contributed by atoms with Crippen molar-refractivity contribution < 1.29 is 33.9 Å². The van der Waals surface area contributed by atoms with E-state index >= 15 is 0 Å². The molecule has 3 aromatic rings. The third-order valence-corrected chi connectivity index (χ3v) is 8.72. The highest BCUT2D eigenvalue weighted by Crippen LogP contribution is 2.27. The Labute approximate surface area is 311 Å². The summed E-state index contributed by atoms with van der Waals surface area (Å²) in [6.07, 6.45) is 5.75. The van der Waals surface area contributed by atoms with Crippen molar-refractivity contribution in [2.75, 3.05) is 41.4 Å². The third kappa shape index (κ3) is 13.5. The van der Waals surface area contributed by atoms with Crippen LogP contribution in [0.25, 0.3) is 0 Å². The SMILES string of the molecule is CCCC(=O)Cl.CCCC(=O)N1CCC(=O)Cc2ccccc21.O=C1CCN(C(=O)CCO)c2ccccc2C1.O=C1CCNc2ccccc2C1. The zero-order valence-electron chi connectivity index (χ0n) is 30.2. The van der Waals surface area contributed by atoms with Crippen LogP contribution in [0.5, 0.6) is 0 Å². The maximum atomic E-state index is 12.0. The first-order chi connectivity index (χ1) is 25.1. The number of carbonyl (C=O) groups excluding carboxylic acids is 6. The number of nitrogens with one attached hydrogen (secondary N) is 1. The summed E-state index contributed by atoms with van der Waals surface area (Å²) >= 11 is 4.94. The van der Waals surface area contributed by atoms with E-state index in [1.165, 1.54) is 0 Å². The summed E-state index contributed by atoms with van der Waals surface area (Å²) in [4.78, 5) is 71.5. The fraction of sp³-hybridized carbons (Fsp3) is 0.415. The quantitative estimate of drug-likeness (QED) is 0.277. The summed E-state index contributed by atoms with van der Waals surface area (Å²) in [5, 5.41) is 11.8. The van der Waals surface area contributed by atoms with Gasteiger partial charge in [-0.05, 0) is 59.3 Å². The Morgan fingerprint density at radius 3 is 1.56 bits per heavy atom. The Bertz CT molecular complexity index is 1610. The van der Waals surface area contributed by atoms with Crippen LogP contribution < -0.4 is 15.1 Å². The van der Waals surface area contributed by atoms with Crippen LogP contribution in [0.4, 0.5) is 17.1 Å². The Balaban J connectivity index is 0.000000197. The standard InChI is InChI=1S/C14H17NO2.C13H15NO3.C10H11NO.C4H7ClO/c1-2-5-14(17)15-9-8-12(16)10-11-6-3-4-7-13(11)15;15-8-6-13(17)14-7-5-11(16)9-10-3-1-2-4-12(10)14;12-9-5-6-11-10-4-2-1-3-8(10)7-9;1-2-3-4(5)6/h3-4,6-7H,2,5,8-10H2,1H3;1-4,15H,5-9H2;1-4,11H,5-7H2;2-3H2,1H3. The fourth-order valence-corrected chi connectivity index (χ4v) is 6.13. The van der Waals surface area contributed by atoms with Gasteiger partial charge in [-0.1, -0.05) is 68.4 Å². The van der Waals surface area contributed by atoms with Crippen molar-refractivity contribution in [1.29, 1.82) is 0 Å². The number of para-hydroxylation sites is 3. The van der Waals surface area contributed by atoms with Gasteiger partial charge in [0.05, 0.1) is 13.0 Å². The number of anilines is 3. The van der Waals surface area contributed by atoms with Crippen molar-refractivity contribution in [1.82, 2.24) is 0 Å². The molecule has 2 amide bonds. The van der Waals surface area contributed by atoms with E-state index in [0.717, 1.165) is 53.1 Å². The topological polar surface area (TPSA) is 141 Å². The molecule has 10 nitrogen and oxygen atoms in total. The molecule has 0 unspecified atom stereocenters. The van der Waals surface area contributed by atoms with Crippen LogP contribution in [0.2, 0.25) is 0 Å². The molecule has 0 radical (unpaired) electrons. The number of halogens is 1. The van der Waals surface area contributed by atoms with Gasteiger partial charge in [-0.3, -0.25) is 28.8 Å². The fourth-order valence-electron chi connectivity index (χ4n) is 5.94. The summed E-state index contributed by atoms with van der Waals surface area (Å²) in [5.74, 6) is 0.678. The Hall–Kier alpha value is -4.67. The molecule has 2 N–H and O–H groups in total. The minimum Gasteiger partial charge on any atom is -0.396 e. The van der Waals surface area contributed by atoms with Gasteiger partial charge >= 0.3 is 0 Å². The molecule has 0 saturated carbocycles. The van der Waals surface area contributed by atoms with E-state index in [1.54, 1.807) is 9.80 Å². The van der Waals surface area contributed by atoms with Crippen molar-refractivity contribution in [3.8, 4) is 0 Å². The van der Waals surface area contributed by atoms with Crippen LogP contribution in [0, 0.1) is 0 Å². The molecular formula is C41H50ClN3O7. The molecule has 0 bridgehead atoms. The number of Topliss-reactive ketones (excluding diaryl/α,β-unsaturated/α-hetero) is 3. The largest absolute Gasteiger partial charge is 0.396 e. The Morgan fingerprint density at radius 2 is 1.08 bits per heavy atom. The first-order valence-corrected chi connectivity index (χ1v) is 18.4. The van der Waals surface area contributed by atoms with Gasteiger partial charge in [-0.25, -0.2) is 0 Å². The minimum atomic E-state index is -0.238. The second-order valence-electron chi connectivity index (χ2n) is 12.7. The highest BCUT2D eigenvalue weighted by Gasteiger charge is 2.24. The number of hydrogen-bond acceptors (Lipinski definition) is 8. The number of carbonyl (C=O) groups is 6. The van der Waals surface area contributed by atoms with E-state index in [-0.39, 0.29) is 41.7 Å². The van der Waals surface area contributed by atoms with Gasteiger partial charge in [0.25, 0.3) is 0 Å². The molecule has 0 fully saturated rings. The molecule has 278 valence electrons.